The summed E-state index contributed by atoms with van der Waals surface area (Å²) >= 11 is 1.80. The lowest BCUT2D eigenvalue weighted by Crippen LogP contribution is -2.42. The molecule has 0 spiro atoms. The van der Waals surface area contributed by atoms with Gasteiger partial charge in [0.1, 0.15) is 0 Å². The van der Waals surface area contributed by atoms with Crippen molar-refractivity contribution in [2.75, 3.05) is 19.6 Å². The number of fused-ring (bicyclic) bond motifs is 1. The summed E-state index contributed by atoms with van der Waals surface area (Å²) < 4.78 is 0. The summed E-state index contributed by atoms with van der Waals surface area (Å²) in [5.74, 6) is 1.04. The molecule has 0 radical (unpaired) electrons. The van der Waals surface area contributed by atoms with E-state index in [0.29, 0.717) is 6.04 Å². The Bertz CT molecular complexity index is 505. The van der Waals surface area contributed by atoms with Crippen molar-refractivity contribution >= 4 is 17.2 Å². The van der Waals surface area contributed by atoms with Gasteiger partial charge in [-0.25, -0.2) is 0 Å². The Morgan fingerprint density at radius 2 is 2.33 bits per heavy atom. The molecule has 2 unspecified atom stereocenters. The standard InChI is InChI=1S/C17H26N2OS/c1-3-8-19(13-6-7-18-10-13)17(20)15-11-21-16-9-12(2)4-5-14(15)16/h11-13,18H,3-10H2,1-2H3. The average Bonchev–Trinajstić information content (AvgIpc) is 3.12. The summed E-state index contributed by atoms with van der Waals surface area (Å²) in [6, 6.07) is 0.385. The number of thiophene rings is 1. The summed E-state index contributed by atoms with van der Waals surface area (Å²) in [7, 11) is 0. The first-order chi connectivity index (χ1) is 10.2. The monoisotopic (exact) mass is 306 g/mol. The second kappa shape index (κ2) is 6.49. The lowest BCUT2D eigenvalue weighted by Gasteiger charge is -2.29. The highest BCUT2D eigenvalue weighted by Gasteiger charge is 2.30. The van der Waals surface area contributed by atoms with E-state index in [2.05, 4.69) is 29.4 Å². The van der Waals surface area contributed by atoms with Gasteiger partial charge in [0, 0.05) is 29.4 Å². The van der Waals surface area contributed by atoms with E-state index >= 15 is 0 Å². The van der Waals surface area contributed by atoms with E-state index in [-0.39, 0.29) is 5.91 Å². The molecular formula is C17H26N2OS. The Labute approximate surface area is 131 Å². The Hall–Kier alpha value is -0.870. The normalized spacial score (nSPS) is 24.9. The molecule has 0 saturated carbocycles. The fourth-order valence-corrected chi connectivity index (χ4v) is 4.85. The van der Waals surface area contributed by atoms with Gasteiger partial charge in [-0.2, -0.15) is 0 Å². The number of hydrogen-bond donors (Lipinski definition) is 1. The van der Waals surface area contributed by atoms with Crippen LogP contribution in [0.25, 0.3) is 0 Å². The molecule has 2 atom stereocenters. The van der Waals surface area contributed by atoms with E-state index in [4.69, 9.17) is 0 Å². The summed E-state index contributed by atoms with van der Waals surface area (Å²) in [5, 5.41) is 5.51. The molecule has 0 aromatic carbocycles. The van der Waals surface area contributed by atoms with Crippen LogP contribution in [0.3, 0.4) is 0 Å². The molecule has 1 fully saturated rings. The molecule has 3 rings (SSSR count). The van der Waals surface area contributed by atoms with Crippen LogP contribution in [0.5, 0.6) is 0 Å². The van der Waals surface area contributed by atoms with Crippen molar-refractivity contribution < 1.29 is 4.79 Å². The number of nitrogens with zero attached hydrogens (tertiary/aromatic N) is 1. The maximum Gasteiger partial charge on any atom is 0.255 e. The largest absolute Gasteiger partial charge is 0.334 e. The molecule has 0 bridgehead atoms. The molecule has 3 nitrogen and oxygen atoms in total. The van der Waals surface area contributed by atoms with E-state index in [9.17, 15) is 4.79 Å². The summed E-state index contributed by atoms with van der Waals surface area (Å²) in [5.41, 5.74) is 2.36. The second-order valence-corrected chi connectivity index (χ2v) is 7.51. The van der Waals surface area contributed by atoms with E-state index in [1.807, 2.05) is 0 Å². The van der Waals surface area contributed by atoms with Gasteiger partial charge in [-0.05, 0) is 50.1 Å². The highest BCUT2D eigenvalue weighted by atomic mass is 32.1. The van der Waals surface area contributed by atoms with E-state index in [1.165, 1.54) is 16.9 Å². The summed E-state index contributed by atoms with van der Waals surface area (Å²) in [6.07, 6.45) is 5.60. The van der Waals surface area contributed by atoms with Gasteiger partial charge in [-0.15, -0.1) is 11.3 Å². The van der Waals surface area contributed by atoms with Crippen molar-refractivity contribution in [3.63, 3.8) is 0 Å². The number of rotatable bonds is 4. The van der Waals surface area contributed by atoms with Crippen LogP contribution in [0.2, 0.25) is 0 Å². The Morgan fingerprint density at radius 1 is 1.48 bits per heavy atom. The molecule has 1 aliphatic carbocycles. The van der Waals surface area contributed by atoms with Crippen LogP contribution in [0.4, 0.5) is 0 Å². The third kappa shape index (κ3) is 3.02. The first-order valence-electron chi connectivity index (χ1n) is 8.31. The summed E-state index contributed by atoms with van der Waals surface area (Å²) in [6.45, 7) is 7.35. The van der Waals surface area contributed by atoms with Crippen LogP contribution < -0.4 is 5.32 Å². The fraction of sp³-hybridized carbons (Fsp3) is 0.706. The van der Waals surface area contributed by atoms with Gasteiger partial charge < -0.3 is 10.2 Å². The van der Waals surface area contributed by atoms with Crippen LogP contribution in [-0.2, 0) is 12.8 Å². The van der Waals surface area contributed by atoms with Gasteiger partial charge in [0.05, 0.1) is 5.56 Å². The van der Waals surface area contributed by atoms with E-state index in [0.717, 1.165) is 56.8 Å². The molecule has 116 valence electrons. The van der Waals surface area contributed by atoms with Crippen LogP contribution in [0.1, 0.15) is 53.9 Å². The number of carbonyl (C=O) groups excluding carboxylic acids is 1. The van der Waals surface area contributed by atoms with Crippen molar-refractivity contribution in [1.29, 1.82) is 0 Å². The smallest absolute Gasteiger partial charge is 0.255 e. The molecule has 1 N–H and O–H groups in total. The molecule has 1 aromatic heterocycles. The van der Waals surface area contributed by atoms with Crippen molar-refractivity contribution in [2.24, 2.45) is 5.92 Å². The maximum atomic E-state index is 13.0. The van der Waals surface area contributed by atoms with E-state index < -0.39 is 0 Å². The van der Waals surface area contributed by atoms with Crippen molar-refractivity contribution in [2.45, 2.75) is 52.0 Å². The molecule has 1 amide bonds. The number of amides is 1. The number of hydrogen-bond acceptors (Lipinski definition) is 3. The minimum atomic E-state index is 0.276. The van der Waals surface area contributed by atoms with Gasteiger partial charge in [0.25, 0.3) is 5.91 Å². The third-order valence-electron chi connectivity index (χ3n) is 4.83. The zero-order valence-corrected chi connectivity index (χ0v) is 14.0. The number of nitrogens with one attached hydrogen (secondary N) is 1. The maximum absolute atomic E-state index is 13.0. The van der Waals surface area contributed by atoms with Gasteiger partial charge in [-0.3, -0.25) is 4.79 Å². The predicted molar refractivity (Wildman–Crippen MR) is 88.1 cm³/mol. The lowest BCUT2D eigenvalue weighted by molar-refractivity contribution is 0.0691. The topological polar surface area (TPSA) is 32.3 Å². The highest BCUT2D eigenvalue weighted by Crippen LogP contribution is 2.33. The third-order valence-corrected chi connectivity index (χ3v) is 5.88. The Kier molecular flexibility index (Phi) is 4.65. The van der Waals surface area contributed by atoms with Gasteiger partial charge in [0.15, 0.2) is 0 Å². The highest BCUT2D eigenvalue weighted by molar-refractivity contribution is 7.10. The molecule has 2 aliphatic rings. The molecule has 1 aliphatic heterocycles. The Morgan fingerprint density at radius 3 is 3.05 bits per heavy atom. The quantitative estimate of drug-likeness (QED) is 0.927. The van der Waals surface area contributed by atoms with Crippen molar-refractivity contribution in [1.82, 2.24) is 10.2 Å². The van der Waals surface area contributed by atoms with Gasteiger partial charge in [0.2, 0.25) is 0 Å². The fourth-order valence-electron chi connectivity index (χ4n) is 3.61. The van der Waals surface area contributed by atoms with Crippen molar-refractivity contribution in [3.05, 3.63) is 21.4 Å². The van der Waals surface area contributed by atoms with Gasteiger partial charge in [-0.1, -0.05) is 13.8 Å². The van der Waals surface area contributed by atoms with Crippen LogP contribution in [0, 0.1) is 5.92 Å². The van der Waals surface area contributed by atoms with Crippen LogP contribution >= 0.6 is 11.3 Å². The number of carbonyl (C=O) groups is 1. The van der Waals surface area contributed by atoms with Crippen LogP contribution in [0.15, 0.2) is 5.38 Å². The minimum Gasteiger partial charge on any atom is -0.334 e. The first-order valence-corrected chi connectivity index (χ1v) is 9.19. The van der Waals surface area contributed by atoms with Gasteiger partial charge >= 0.3 is 0 Å². The predicted octanol–water partition coefficient (Wildman–Crippen LogP) is 3.09. The molecule has 2 heterocycles. The molecule has 1 saturated heterocycles. The SMILES string of the molecule is CCCN(C(=O)c1csc2c1CCC(C)C2)C1CCNC1. The molecule has 21 heavy (non-hydrogen) atoms. The average molecular weight is 306 g/mol. The molecule has 4 heteroatoms. The second-order valence-electron chi connectivity index (χ2n) is 6.54. The molecule has 1 aromatic rings. The Balaban J connectivity index is 1.82. The van der Waals surface area contributed by atoms with Crippen molar-refractivity contribution in [3.8, 4) is 0 Å². The first kappa shape index (κ1) is 15.0. The zero-order chi connectivity index (χ0) is 14.8. The molecular weight excluding hydrogens is 280 g/mol. The summed E-state index contributed by atoms with van der Waals surface area (Å²) in [4.78, 5) is 16.6. The zero-order valence-electron chi connectivity index (χ0n) is 13.2. The van der Waals surface area contributed by atoms with E-state index in [1.54, 1.807) is 11.3 Å². The van der Waals surface area contributed by atoms with Crippen LogP contribution in [-0.4, -0.2) is 36.5 Å². The lowest BCUT2D eigenvalue weighted by atomic mass is 9.88. The minimum absolute atomic E-state index is 0.276.